The third kappa shape index (κ3) is 4.58. The second-order valence-electron chi connectivity index (χ2n) is 12.7. The lowest BCUT2D eigenvalue weighted by Gasteiger charge is -2.27. The summed E-state index contributed by atoms with van der Waals surface area (Å²) < 4.78 is 15.0. The highest BCUT2D eigenvalue weighted by Gasteiger charge is 2.47. The molecule has 2 bridgehead atoms. The van der Waals surface area contributed by atoms with Crippen molar-refractivity contribution in [3.8, 4) is 17.3 Å². The molecule has 1 aromatic carbocycles. The summed E-state index contributed by atoms with van der Waals surface area (Å²) in [7, 11) is 4.95. The summed E-state index contributed by atoms with van der Waals surface area (Å²) in [5.41, 5.74) is 11.1. The van der Waals surface area contributed by atoms with E-state index in [4.69, 9.17) is 25.2 Å². The summed E-state index contributed by atoms with van der Waals surface area (Å²) in [6.07, 6.45) is 7.46. The molecule has 1 amide bonds. The van der Waals surface area contributed by atoms with Crippen molar-refractivity contribution in [2.45, 2.75) is 44.3 Å². The molecule has 4 aromatic heterocycles. The minimum atomic E-state index is -0.477. The quantitative estimate of drug-likeness (QED) is 0.240. The minimum Gasteiger partial charge on any atom is -0.494 e. The van der Waals surface area contributed by atoms with Gasteiger partial charge in [0, 0.05) is 55.6 Å². The fourth-order valence-electron chi connectivity index (χ4n) is 7.31. The number of fused-ring (bicyclic) bond motifs is 4. The minimum absolute atomic E-state index is 0.0216. The number of hydrogen-bond donors (Lipinski definition) is 2. The first-order chi connectivity index (χ1) is 22.3. The molecule has 12 nitrogen and oxygen atoms in total. The molecule has 3 atom stereocenters. The first kappa shape index (κ1) is 28.5. The van der Waals surface area contributed by atoms with Crippen LogP contribution in [-0.4, -0.2) is 73.7 Å². The molecule has 5 aromatic rings. The molecule has 0 unspecified atom stereocenters. The van der Waals surface area contributed by atoms with Gasteiger partial charge in [-0.1, -0.05) is 0 Å². The number of anilines is 2. The highest BCUT2D eigenvalue weighted by atomic mass is 16.5. The van der Waals surface area contributed by atoms with Crippen LogP contribution in [0.2, 0.25) is 0 Å². The molecule has 1 aliphatic heterocycles. The number of rotatable bonds is 8. The highest BCUT2D eigenvalue weighted by Crippen LogP contribution is 2.40. The molecule has 2 saturated carbocycles. The average molecular weight is 621 g/mol. The zero-order valence-electron chi connectivity index (χ0n) is 26.1. The lowest BCUT2D eigenvalue weighted by molar-refractivity contribution is 0.0600. The van der Waals surface area contributed by atoms with E-state index in [-0.39, 0.29) is 18.0 Å². The van der Waals surface area contributed by atoms with Crippen molar-refractivity contribution in [2.24, 2.45) is 24.6 Å². The molecule has 0 radical (unpaired) electrons. The van der Waals surface area contributed by atoms with Crippen molar-refractivity contribution in [1.29, 1.82) is 0 Å². The third-order valence-corrected chi connectivity index (χ3v) is 9.92. The van der Waals surface area contributed by atoms with Gasteiger partial charge >= 0.3 is 5.97 Å². The van der Waals surface area contributed by atoms with Crippen LogP contribution in [0.25, 0.3) is 33.6 Å². The lowest BCUT2D eigenvalue weighted by Crippen LogP contribution is -2.41. The molecule has 3 aliphatic rings. The second kappa shape index (κ2) is 10.8. The number of methoxy groups -OCH3 is 2. The van der Waals surface area contributed by atoms with Crippen LogP contribution in [0.1, 0.15) is 46.4 Å². The summed E-state index contributed by atoms with van der Waals surface area (Å²) in [5.74, 6) is 2.39. The second-order valence-corrected chi connectivity index (χ2v) is 12.7. The maximum atomic E-state index is 13.7. The van der Waals surface area contributed by atoms with Gasteiger partial charge in [0.25, 0.3) is 5.91 Å². The van der Waals surface area contributed by atoms with Crippen LogP contribution in [0.4, 0.5) is 11.5 Å². The predicted octanol–water partition coefficient (Wildman–Crippen LogP) is 4.50. The lowest BCUT2D eigenvalue weighted by atomic mass is 10.1. The van der Waals surface area contributed by atoms with Crippen LogP contribution < -0.4 is 15.8 Å². The van der Waals surface area contributed by atoms with Gasteiger partial charge in [-0.25, -0.2) is 14.8 Å². The van der Waals surface area contributed by atoms with Crippen molar-refractivity contribution in [3.63, 3.8) is 0 Å². The molecule has 5 heterocycles. The number of pyridine rings is 2. The van der Waals surface area contributed by atoms with Gasteiger partial charge in [-0.2, -0.15) is 0 Å². The largest absolute Gasteiger partial charge is 0.494 e. The number of ether oxygens (including phenoxy) is 2. The van der Waals surface area contributed by atoms with E-state index >= 15 is 0 Å². The number of hydrogen-bond acceptors (Lipinski definition) is 9. The van der Waals surface area contributed by atoms with E-state index in [0.29, 0.717) is 52.3 Å². The molecule has 46 heavy (non-hydrogen) atoms. The summed E-state index contributed by atoms with van der Waals surface area (Å²) >= 11 is 0. The number of carbonyl (C=O) groups excluding carboxylic acids is 2. The number of amides is 1. The van der Waals surface area contributed by atoms with Crippen LogP contribution in [0.15, 0.2) is 48.8 Å². The Morgan fingerprint density at radius 2 is 1.91 bits per heavy atom. The van der Waals surface area contributed by atoms with Gasteiger partial charge in [-0.15, -0.1) is 0 Å². The number of esters is 1. The van der Waals surface area contributed by atoms with Crippen LogP contribution in [0.3, 0.4) is 0 Å². The summed E-state index contributed by atoms with van der Waals surface area (Å²) in [5, 5.41) is 4.25. The van der Waals surface area contributed by atoms with Crippen molar-refractivity contribution in [1.82, 2.24) is 29.0 Å². The van der Waals surface area contributed by atoms with E-state index in [1.807, 2.05) is 40.8 Å². The average Bonchev–Trinajstić information content (AvgIpc) is 3.48. The third-order valence-electron chi connectivity index (χ3n) is 9.92. The Balaban J connectivity index is 1.20. The Kier molecular flexibility index (Phi) is 6.71. The van der Waals surface area contributed by atoms with Crippen LogP contribution in [0.5, 0.6) is 5.75 Å². The summed E-state index contributed by atoms with van der Waals surface area (Å²) in [4.78, 5) is 42.2. The Labute approximate surface area is 265 Å². The number of nitrogens with one attached hydrogen (secondary N) is 1. The number of carbonyl (C=O) groups is 2. The van der Waals surface area contributed by atoms with E-state index in [0.717, 1.165) is 47.5 Å². The Morgan fingerprint density at radius 1 is 1.07 bits per heavy atom. The van der Waals surface area contributed by atoms with Crippen LogP contribution >= 0.6 is 0 Å². The molecule has 3 fully saturated rings. The molecule has 236 valence electrons. The van der Waals surface area contributed by atoms with E-state index in [1.54, 1.807) is 19.4 Å². The first-order valence-corrected chi connectivity index (χ1v) is 15.8. The molecule has 1 saturated heterocycles. The Hall–Kier alpha value is -4.97. The van der Waals surface area contributed by atoms with Gasteiger partial charge in [0.05, 0.1) is 31.1 Å². The number of likely N-dealkylation sites (tertiary alicyclic amines) is 1. The SMILES string of the molecule is COC(=O)c1cnccc1Nc1ccc2cc(-c3nc4cc(C(=O)N5C[C@H]6CC[C@@H]5[C@@H]6N)cc(OC)c4n3C)n(CC3CC3)c2n1. The predicted molar refractivity (Wildman–Crippen MR) is 173 cm³/mol. The van der Waals surface area contributed by atoms with Gasteiger partial charge in [-0.3, -0.25) is 9.78 Å². The maximum Gasteiger partial charge on any atom is 0.341 e. The number of aromatic nitrogens is 5. The number of benzene rings is 1. The number of nitrogens with zero attached hydrogens (tertiary/aromatic N) is 6. The van der Waals surface area contributed by atoms with Crippen molar-refractivity contribution in [2.75, 3.05) is 26.1 Å². The summed E-state index contributed by atoms with van der Waals surface area (Å²) in [6.45, 7) is 1.51. The molecule has 12 heteroatoms. The number of aryl methyl sites for hydroxylation is 1. The zero-order valence-corrected chi connectivity index (χ0v) is 26.1. The topological polar surface area (TPSA) is 142 Å². The van der Waals surface area contributed by atoms with Crippen LogP contribution in [-0.2, 0) is 18.3 Å². The Bertz CT molecular complexity index is 2030. The number of piperidine rings is 1. The standard InChI is InChI=1S/C34H36N8O4/c1-40-30-24(12-21(14-27(30)45-2)33(43)42-17-20-6-8-25(42)29(20)35)38-32(40)26-13-19-7-9-28(39-31(19)41(26)16-18-4-5-18)37-23-10-11-36-15-22(23)34(44)46-3/h7,9-15,18,20,25,29H,4-6,8,16-17,35H2,1-3H3,(H,36,37,39)/t20-,25-,29-/m1/s1. The van der Waals surface area contributed by atoms with E-state index in [1.165, 1.54) is 26.1 Å². The number of nitrogens with two attached hydrogens (primary N) is 1. The normalized spacial score (nSPS) is 20.5. The van der Waals surface area contributed by atoms with Gasteiger partial charge in [0.1, 0.15) is 28.3 Å². The van der Waals surface area contributed by atoms with Gasteiger partial charge < -0.3 is 34.6 Å². The van der Waals surface area contributed by atoms with Crippen molar-refractivity contribution >= 4 is 45.4 Å². The van der Waals surface area contributed by atoms with Crippen LogP contribution in [0, 0.1) is 11.8 Å². The summed E-state index contributed by atoms with van der Waals surface area (Å²) in [6, 6.07) is 11.6. The van der Waals surface area contributed by atoms with Crippen molar-refractivity contribution in [3.05, 3.63) is 59.9 Å². The van der Waals surface area contributed by atoms with Crippen molar-refractivity contribution < 1.29 is 19.1 Å². The fraction of sp³-hybridized carbons (Fsp3) is 0.382. The smallest absolute Gasteiger partial charge is 0.341 e. The zero-order chi connectivity index (χ0) is 31.7. The molecular weight excluding hydrogens is 584 g/mol. The molecule has 3 N–H and O–H groups in total. The maximum absolute atomic E-state index is 13.7. The fourth-order valence-corrected chi connectivity index (χ4v) is 7.31. The molecule has 0 spiro atoms. The van der Waals surface area contributed by atoms with E-state index in [9.17, 15) is 9.59 Å². The molecule has 2 aliphatic carbocycles. The van der Waals surface area contributed by atoms with E-state index in [2.05, 4.69) is 20.9 Å². The van der Waals surface area contributed by atoms with Gasteiger partial charge in [-0.05, 0) is 73.9 Å². The monoisotopic (exact) mass is 620 g/mol. The molecule has 8 rings (SSSR count). The first-order valence-electron chi connectivity index (χ1n) is 15.8. The number of imidazole rings is 1. The molecular formula is C34H36N8O4. The van der Waals surface area contributed by atoms with Gasteiger partial charge in [0.15, 0.2) is 5.82 Å². The van der Waals surface area contributed by atoms with E-state index < -0.39 is 5.97 Å². The highest BCUT2D eigenvalue weighted by molar-refractivity contribution is 6.01. The Morgan fingerprint density at radius 3 is 2.63 bits per heavy atom. The van der Waals surface area contributed by atoms with Gasteiger partial charge in [0.2, 0.25) is 0 Å².